The first-order valence-corrected chi connectivity index (χ1v) is 7.56. The molecule has 2 rings (SSSR count). The molecule has 0 radical (unpaired) electrons. The number of fused-ring (bicyclic) bond motifs is 1. The Bertz CT molecular complexity index is 657. The van der Waals surface area contributed by atoms with Gasteiger partial charge >= 0.3 is 0 Å². The molecule has 0 atom stereocenters. The van der Waals surface area contributed by atoms with Crippen molar-refractivity contribution >= 4 is 20.9 Å². The summed E-state index contributed by atoms with van der Waals surface area (Å²) in [6.45, 7) is 3.63. The standard InChI is InChI=1S/C13H18N2O2S/c1-10(2)14-18(16,17)9-11-4-5-13-12(8-11)6-7-15(13)3/h4-8,10,14H,9H2,1-3H3. The third kappa shape index (κ3) is 2.91. The molecule has 0 bridgehead atoms. The molecule has 0 aliphatic heterocycles. The van der Waals surface area contributed by atoms with Crippen LogP contribution in [0.3, 0.4) is 0 Å². The Hall–Kier alpha value is -1.33. The highest BCUT2D eigenvalue weighted by atomic mass is 32.2. The van der Waals surface area contributed by atoms with Crippen molar-refractivity contribution < 1.29 is 8.42 Å². The minimum atomic E-state index is -3.25. The van der Waals surface area contributed by atoms with E-state index in [0.29, 0.717) is 0 Å². The van der Waals surface area contributed by atoms with Crippen molar-refractivity contribution in [1.82, 2.24) is 9.29 Å². The van der Waals surface area contributed by atoms with E-state index in [1.807, 2.05) is 55.9 Å². The quantitative estimate of drug-likeness (QED) is 0.920. The Morgan fingerprint density at radius 2 is 2.00 bits per heavy atom. The van der Waals surface area contributed by atoms with Crippen molar-refractivity contribution in [2.24, 2.45) is 7.05 Å². The van der Waals surface area contributed by atoms with Gasteiger partial charge in [0.05, 0.1) is 5.75 Å². The topological polar surface area (TPSA) is 51.1 Å². The highest BCUT2D eigenvalue weighted by Crippen LogP contribution is 2.18. The second-order valence-electron chi connectivity index (χ2n) is 4.85. The van der Waals surface area contributed by atoms with Gasteiger partial charge in [0.25, 0.3) is 0 Å². The van der Waals surface area contributed by atoms with Gasteiger partial charge in [0.15, 0.2) is 0 Å². The van der Waals surface area contributed by atoms with Gasteiger partial charge < -0.3 is 4.57 Å². The Balaban J connectivity index is 2.27. The zero-order valence-electron chi connectivity index (χ0n) is 10.8. The molecule has 1 N–H and O–H groups in total. The maximum absolute atomic E-state index is 11.8. The summed E-state index contributed by atoms with van der Waals surface area (Å²) < 4.78 is 28.3. The van der Waals surface area contributed by atoms with Gasteiger partial charge in [-0.15, -0.1) is 0 Å². The van der Waals surface area contributed by atoms with Crippen LogP contribution < -0.4 is 4.72 Å². The molecule has 4 nitrogen and oxygen atoms in total. The second-order valence-corrected chi connectivity index (χ2v) is 6.61. The Kier molecular flexibility index (Phi) is 3.45. The fourth-order valence-corrected chi connectivity index (χ4v) is 3.46. The first kappa shape index (κ1) is 13.1. The van der Waals surface area contributed by atoms with Crippen LogP contribution in [0.4, 0.5) is 0 Å². The molecular weight excluding hydrogens is 248 g/mol. The summed E-state index contributed by atoms with van der Waals surface area (Å²) in [5.41, 5.74) is 1.91. The number of hydrogen-bond acceptors (Lipinski definition) is 2. The minimum absolute atomic E-state index is 0.0238. The molecule has 1 aromatic carbocycles. The molecule has 1 heterocycles. The first-order chi connectivity index (χ1) is 8.37. The van der Waals surface area contributed by atoms with Crippen molar-refractivity contribution in [3.63, 3.8) is 0 Å². The van der Waals surface area contributed by atoms with Crippen molar-refractivity contribution in [2.45, 2.75) is 25.6 Å². The summed E-state index contributed by atoms with van der Waals surface area (Å²) in [5, 5.41) is 1.06. The van der Waals surface area contributed by atoms with E-state index in [1.165, 1.54) is 0 Å². The van der Waals surface area contributed by atoms with Crippen LogP contribution in [0.5, 0.6) is 0 Å². The number of hydrogen-bond donors (Lipinski definition) is 1. The van der Waals surface area contributed by atoms with Gasteiger partial charge in [-0.05, 0) is 43.0 Å². The van der Waals surface area contributed by atoms with Crippen LogP contribution in [0.15, 0.2) is 30.5 Å². The number of benzene rings is 1. The molecule has 98 valence electrons. The van der Waals surface area contributed by atoms with E-state index < -0.39 is 10.0 Å². The number of nitrogens with zero attached hydrogens (tertiary/aromatic N) is 1. The molecule has 0 amide bonds. The molecule has 0 aliphatic carbocycles. The first-order valence-electron chi connectivity index (χ1n) is 5.91. The molecule has 0 saturated heterocycles. The molecule has 1 aromatic heterocycles. The van der Waals surface area contributed by atoms with Gasteiger partial charge in [-0.1, -0.05) is 6.07 Å². The van der Waals surface area contributed by atoms with E-state index in [4.69, 9.17) is 0 Å². The van der Waals surface area contributed by atoms with Crippen molar-refractivity contribution in [1.29, 1.82) is 0 Å². The second kappa shape index (κ2) is 4.74. The van der Waals surface area contributed by atoms with Gasteiger partial charge in [-0.2, -0.15) is 0 Å². The number of sulfonamides is 1. The zero-order chi connectivity index (χ0) is 13.3. The largest absolute Gasteiger partial charge is 0.351 e. The molecular formula is C13H18N2O2S. The lowest BCUT2D eigenvalue weighted by atomic mass is 10.2. The summed E-state index contributed by atoms with van der Waals surface area (Å²) in [5.74, 6) is 0.0238. The van der Waals surface area contributed by atoms with E-state index in [0.717, 1.165) is 16.5 Å². The normalized spacial score (nSPS) is 12.4. The van der Waals surface area contributed by atoms with Gasteiger partial charge in [0, 0.05) is 24.8 Å². The lowest BCUT2D eigenvalue weighted by Gasteiger charge is -2.09. The summed E-state index contributed by atoms with van der Waals surface area (Å²) in [6, 6.07) is 7.66. The molecule has 0 unspecified atom stereocenters. The van der Waals surface area contributed by atoms with Gasteiger partial charge in [0.2, 0.25) is 10.0 Å². The molecule has 18 heavy (non-hydrogen) atoms. The van der Waals surface area contributed by atoms with E-state index in [9.17, 15) is 8.42 Å². The molecule has 0 fully saturated rings. The third-order valence-corrected chi connectivity index (χ3v) is 4.27. The van der Waals surface area contributed by atoms with Crippen LogP contribution in [-0.2, 0) is 22.8 Å². The number of rotatable bonds is 4. The van der Waals surface area contributed by atoms with Crippen LogP contribution in [0.1, 0.15) is 19.4 Å². The average molecular weight is 266 g/mol. The highest BCUT2D eigenvalue weighted by Gasteiger charge is 2.13. The lowest BCUT2D eigenvalue weighted by Crippen LogP contribution is -2.31. The fourth-order valence-electron chi connectivity index (χ4n) is 2.04. The Morgan fingerprint density at radius 3 is 2.67 bits per heavy atom. The Labute approximate surface area is 108 Å². The fraction of sp³-hybridized carbons (Fsp3) is 0.385. The molecule has 0 spiro atoms. The smallest absolute Gasteiger partial charge is 0.216 e. The highest BCUT2D eigenvalue weighted by molar-refractivity contribution is 7.88. The van der Waals surface area contributed by atoms with Gasteiger partial charge in [-0.3, -0.25) is 0 Å². The van der Waals surface area contributed by atoms with Crippen LogP contribution >= 0.6 is 0 Å². The third-order valence-electron chi connectivity index (χ3n) is 2.72. The number of aryl methyl sites for hydroxylation is 1. The van der Waals surface area contributed by atoms with Gasteiger partial charge in [0.1, 0.15) is 0 Å². The van der Waals surface area contributed by atoms with Crippen molar-refractivity contribution in [3.05, 3.63) is 36.0 Å². The maximum Gasteiger partial charge on any atom is 0.216 e. The summed E-state index contributed by atoms with van der Waals surface area (Å²) in [7, 11) is -1.28. The molecule has 5 heteroatoms. The predicted octanol–water partition coefficient (Wildman–Crippen LogP) is 2.01. The number of aromatic nitrogens is 1. The molecule has 0 aliphatic rings. The summed E-state index contributed by atoms with van der Waals surface area (Å²) >= 11 is 0. The maximum atomic E-state index is 11.8. The van der Waals surface area contributed by atoms with Crippen LogP contribution in [0, 0.1) is 0 Å². The van der Waals surface area contributed by atoms with Crippen LogP contribution in [0.25, 0.3) is 10.9 Å². The molecule has 0 saturated carbocycles. The average Bonchev–Trinajstić information content (AvgIpc) is 2.57. The summed E-state index contributed by atoms with van der Waals surface area (Å²) in [6.07, 6.45) is 1.97. The SMILES string of the molecule is CC(C)NS(=O)(=O)Cc1ccc2c(ccn2C)c1. The van der Waals surface area contributed by atoms with E-state index in [-0.39, 0.29) is 11.8 Å². The summed E-state index contributed by atoms with van der Waals surface area (Å²) in [4.78, 5) is 0. The molecule has 2 aromatic rings. The van der Waals surface area contributed by atoms with Crippen LogP contribution in [0.2, 0.25) is 0 Å². The van der Waals surface area contributed by atoms with Gasteiger partial charge in [-0.25, -0.2) is 13.1 Å². The monoisotopic (exact) mass is 266 g/mol. The van der Waals surface area contributed by atoms with Crippen LogP contribution in [-0.4, -0.2) is 19.0 Å². The number of nitrogens with one attached hydrogen (secondary N) is 1. The Morgan fingerprint density at radius 1 is 1.28 bits per heavy atom. The van der Waals surface area contributed by atoms with Crippen molar-refractivity contribution in [3.8, 4) is 0 Å². The van der Waals surface area contributed by atoms with E-state index >= 15 is 0 Å². The predicted molar refractivity (Wildman–Crippen MR) is 73.8 cm³/mol. The minimum Gasteiger partial charge on any atom is -0.351 e. The zero-order valence-corrected chi connectivity index (χ0v) is 11.7. The van der Waals surface area contributed by atoms with E-state index in [2.05, 4.69) is 4.72 Å². The lowest BCUT2D eigenvalue weighted by molar-refractivity contribution is 0.569. The van der Waals surface area contributed by atoms with Crippen molar-refractivity contribution in [2.75, 3.05) is 0 Å². The van der Waals surface area contributed by atoms with E-state index in [1.54, 1.807) is 0 Å².